The van der Waals surface area contributed by atoms with E-state index in [0.29, 0.717) is 0 Å². The number of hydrogen-bond acceptors (Lipinski definition) is 4. The second-order valence-corrected chi connectivity index (χ2v) is 4.85. The molecule has 0 aliphatic carbocycles. The summed E-state index contributed by atoms with van der Waals surface area (Å²) in [5.74, 6) is -0.486. The Kier molecular flexibility index (Phi) is 5.27. The SMILES string of the molecule is CCC(CSC)N(C)C(=O)c1cc(C(=O)O)co1. The van der Waals surface area contributed by atoms with Crippen molar-refractivity contribution in [2.75, 3.05) is 19.1 Å². The number of furan rings is 1. The lowest BCUT2D eigenvalue weighted by molar-refractivity contribution is 0.0692. The highest BCUT2D eigenvalue weighted by Crippen LogP contribution is 2.15. The summed E-state index contributed by atoms with van der Waals surface area (Å²) < 4.78 is 5.00. The normalized spacial score (nSPS) is 12.2. The van der Waals surface area contributed by atoms with Gasteiger partial charge in [0.25, 0.3) is 5.91 Å². The molecular weight excluding hydrogens is 254 g/mol. The Balaban J connectivity index is 2.81. The Morgan fingerprint density at radius 2 is 2.22 bits per heavy atom. The van der Waals surface area contributed by atoms with Crippen LogP contribution in [0.15, 0.2) is 16.7 Å². The molecule has 0 fully saturated rings. The lowest BCUT2D eigenvalue weighted by Crippen LogP contribution is -2.38. The Hall–Kier alpha value is -1.43. The monoisotopic (exact) mass is 271 g/mol. The van der Waals surface area contributed by atoms with E-state index in [9.17, 15) is 9.59 Å². The fourth-order valence-corrected chi connectivity index (χ4v) is 2.44. The van der Waals surface area contributed by atoms with Gasteiger partial charge in [-0.3, -0.25) is 4.79 Å². The fourth-order valence-electron chi connectivity index (χ4n) is 1.60. The van der Waals surface area contributed by atoms with E-state index in [1.807, 2.05) is 13.2 Å². The molecule has 1 rings (SSSR count). The van der Waals surface area contributed by atoms with Gasteiger partial charge in [0.15, 0.2) is 5.76 Å². The minimum absolute atomic E-state index is 0.00957. The molecule has 0 aliphatic rings. The number of nitrogens with zero attached hydrogens (tertiary/aromatic N) is 1. The largest absolute Gasteiger partial charge is 0.478 e. The van der Waals surface area contributed by atoms with Crippen LogP contribution in [0.5, 0.6) is 0 Å². The van der Waals surface area contributed by atoms with Crippen LogP contribution in [0, 0.1) is 0 Å². The van der Waals surface area contributed by atoms with Crippen LogP contribution in [0.2, 0.25) is 0 Å². The molecule has 18 heavy (non-hydrogen) atoms. The molecule has 0 saturated carbocycles. The summed E-state index contributed by atoms with van der Waals surface area (Å²) in [5.41, 5.74) is -0.00957. The maximum absolute atomic E-state index is 12.1. The quantitative estimate of drug-likeness (QED) is 0.858. The molecule has 0 radical (unpaired) electrons. The van der Waals surface area contributed by atoms with E-state index in [1.54, 1.807) is 23.7 Å². The summed E-state index contributed by atoms with van der Waals surface area (Å²) in [7, 11) is 1.70. The minimum atomic E-state index is -1.10. The van der Waals surface area contributed by atoms with Crippen molar-refractivity contribution in [1.29, 1.82) is 0 Å². The van der Waals surface area contributed by atoms with Crippen LogP contribution in [-0.2, 0) is 0 Å². The van der Waals surface area contributed by atoms with Crippen LogP contribution in [0.25, 0.3) is 0 Å². The van der Waals surface area contributed by atoms with Crippen LogP contribution in [0.3, 0.4) is 0 Å². The Morgan fingerprint density at radius 3 is 2.67 bits per heavy atom. The summed E-state index contributed by atoms with van der Waals surface area (Å²) in [6.45, 7) is 2.01. The van der Waals surface area contributed by atoms with Crippen LogP contribution in [-0.4, -0.2) is 47.0 Å². The standard InChI is InChI=1S/C12H17NO4S/c1-4-9(7-18-3)13(2)11(14)10-5-8(6-17-10)12(15)16/h5-6,9H,4,7H2,1-3H3,(H,15,16). The first-order valence-electron chi connectivity index (χ1n) is 5.59. The Morgan fingerprint density at radius 1 is 1.56 bits per heavy atom. The van der Waals surface area contributed by atoms with E-state index in [0.717, 1.165) is 18.4 Å². The molecule has 1 amide bonds. The number of thioether (sulfide) groups is 1. The first-order chi connectivity index (χ1) is 8.51. The van der Waals surface area contributed by atoms with E-state index in [-0.39, 0.29) is 23.3 Å². The lowest BCUT2D eigenvalue weighted by Gasteiger charge is -2.25. The zero-order valence-electron chi connectivity index (χ0n) is 10.7. The predicted octanol–water partition coefficient (Wildman–Crippen LogP) is 2.19. The van der Waals surface area contributed by atoms with Gasteiger partial charge in [-0.2, -0.15) is 11.8 Å². The van der Waals surface area contributed by atoms with E-state index >= 15 is 0 Å². The molecule has 0 saturated heterocycles. The zero-order chi connectivity index (χ0) is 13.7. The number of carboxylic acids is 1. The second-order valence-electron chi connectivity index (χ2n) is 3.94. The van der Waals surface area contributed by atoms with Crippen molar-refractivity contribution in [3.63, 3.8) is 0 Å². The van der Waals surface area contributed by atoms with Gasteiger partial charge in [-0.25, -0.2) is 4.79 Å². The van der Waals surface area contributed by atoms with Crippen molar-refractivity contribution in [2.45, 2.75) is 19.4 Å². The van der Waals surface area contributed by atoms with Crippen LogP contribution in [0.1, 0.15) is 34.3 Å². The van der Waals surface area contributed by atoms with Gasteiger partial charge in [-0.05, 0) is 12.7 Å². The molecule has 0 bridgehead atoms. The van der Waals surface area contributed by atoms with Crippen molar-refractivity contribution in [3.8, 4) is 0 Å². The molecule has 5 nitrogen and oxygen atoms in total. The highest BCUT2D eigenvalue weighted by Gasteiger charge is 2.23. The molecule has 0 spiro atoms. The summed E-state index contributed by atoms with van der Waals surface area (Å²) in [4.78, 5) is 24.4. The molecule has 1 unspecified atom stereocenters. The number of carbonyl (C=O) groups is 2. The topological polar surface area (TPSA) is 70.8 Å². The van der Waals surface area contributed by atoms with E-state index in [4.69, 9.17) is 9.52 Å². The highest BCUT2D eigenvalue weighted by molar-refractivity contribution is 7.98. The number of aromatic carboxylic acids is 1. The van der Waals surface area contributed by atoms with Gasteiger partial charge in [0.05, 0.1) is 5.56 Å². The number of hydrogen-bond donors (Lipinski definition) is 1. The zero-order valence-corrected chi connectivity index (χ0v) is 11.5. The third-order valence-corrected chi connectivity index (χ3v) is 3.47. The summed E-state index contributed by atoms with van der Waals surface area (Å²) in [5, 5.41) is 8.77. The first-order valence-corrected chi connectivity index (χ1v) is 6.98. The predicted molar refractivity (Wildman–Crippen MR) is 70.2 cm³/mol. The molecule has 0 aromatic carbocycles. The molecule has 1 aromatic heterocycles. The number of carboxylic acid groups (broad SMARTS) is 1. The summed E-state index contributed by atoms with van der Waals surface area (Å²) in [6.07, 6.45) is 3.91. The molecule has 1 aromatic rings. The Labute approximate surface area is 110 Å². The molecular formula is C12H17NO4S. The van der Waals surface area contributed by atoms with Crippen molar-refractivity contribution in [2.24, 2.45) is 0 Å². The van der Waals surface area contributed by atoms with Gasteiger partial charge in [0.1, 0.15) is 6.26 Å². The summed E-state index contributed by atoms with van der Waals surface area (Å²) in [6, 6.07) is 1.37. The van der Waals surface area contributed by atoms with Gasteiger partial charge in [-0.1, -0.05) is 6.92 Å². The molecule has 100 valence electrons. The number of amides is 1. The van der Waals surface area contributed by atoms with E-state index in [2.05, 4.69) is 0 Å². The highest BCUT2D eigenvalue weighted by atomic mass is 32.2. The molecule has 1 atom stereocenters. The average molecular weight is 271 g/mol. The van der Waals surface area contributed by atoms with Crippen molar-refractivity contribution >= 4 is 23.6 Å². The Bertz CT molecular complexity index is 429. The van der Waals surface area contributed by atoms with Crippen molar-refractivity contribution < 1.29 is 19.1 Å². The van der Waals surface area contributed by atoms with Gasteiger partial charge in [0, 0.05) is 24.9 Å². The third-order valence-electron chi connectivity index (χ3n) is 2.76. The molecule has 1 N–H and O–H groups in total. The van der Waals surface area contributed by atoms with Crippen molar-refractivity contribution in [1.82, 2.24) is 4.90 Å². The first kappa shape index (κ1) is 14.6. The van der Waals surface area contributed by atoms with Crippen molar-refractivity contribution in [3.05, 3.63) is 23.7 Å². The fraction of sp³-hybridized carbons (Fsp3) is 0.500. The maximum Gasteiger partial charge on any atom is 0.338 e. The third kappa shape index (κ3) is 3.29. The van der Waals surface area contributed by atoms with Crippen LogP contribution >= 0.6 is 11.8 Å². The number of carbonyl (C=O) groups excluding carboxylic acids is 1. The minimum Gasteiger partial charge on any atom is -0.478 e. The van der Waals surface area contributed by atoms with Gasteiger partial charge in [0.2, 0.25) is 0 Å². The number of rotatable bonds is 6. The lowest BCUT2D eigenvalue weighted by atomic mass is 10.2. The van der Waals surface area contributed by atoms with Gasteiger partial charge < -0.3 is 14.4 Å². The summed E-state index contributed by atoms with van der Waals surface area (Å²) >= 11 is 1.67. The van der Waals surface area contributed by atoms with Crippen LogP contribution < -0.4 is 0 Å². The second kappa shape index (κ2) is 6.49. The van der Waals surface area contributed by atoms with Crippen LogP contribution in [0.4, 0.5) is 0 Å². The smallest absolute Gasteiger partial charge is 0.338 e. The molecule has 0 aliphatic heterocycles. The van der Waals surface area contributed by atoms with Gasteiger partial charge in [-0.15, -0.1) is 0 Å². The molecule has 6 heteroatoms. The molecule has 1 heterocycles. The van der Waals surface area contributed by atoms with E-state index < -0.39 is 5.97 Å². The van der Waals surface area contributed by atoms with Gasteiger partial charge >= 0.3 is 5.97 Å². The maximum atomic E-state index is 12.1. The van der Waals surface area contributed by atoms with E-state index in [1.165, 1.54) is 6.07 Å². The average Bonchev–Trinajstić information content (AvgIpc) is 2.83.